The highest BCUT2D eigenvalue weighted by Crippen LogP contribution is 1.95. The molecule has 0 heterocycles. The highest BCUT2D eigenvalue weighted by molar-refractivity contribution is 5.75. The summed E-state index contributed by atoms with van der Waals surface area (Å²) in [4.78, 5) is 21.6. The second-order valence-electron chi connectivity index (χ2n) is 4.31. The number of rotatable bonds is 7. The third-order valence-corrected chi connectivity index (χ3v) is 2.08. The van der Waals surface area contributed by atoms with Gasteiger partial charge in [-0.15, -0.1) is 0 Å². The van der Waals surface area contributed by atoms with Crippen LogP contribution < -0.4 is 5.32 Å². The quantitative estimate of drug-likeness (QED) is 0.593. The van der Waals surface area contributed by atoms with E-state index in [0.717, 1.165) is 6.42 Å². The van der Waals surface area contributed by atoms with Crippen LogP contribution in [0.25, 0.3) is 0 Å². The third kappa shape index (κ3) is 7.93. The van der Waals surface area contributed by atoms with Crippen LogP contribution in [0.5, 0.6) is 0 Å². The molecule has 0 saturated heterocycles. The highest BCUT2D eigenvalue weighted by atomic mass is 16.4. The predicted molar refractivity (Wildman–Crippen MR) is 57.4 cm³/mol. The van der Waals surface area contributed by atoms with E-state index in [9.17, 15) is 9.59 Å². The van der Waals surface area contributed by atoms with Crippen molar-refractivity contribution in [1.29, 1.82) is 0 Å². The molecule has 0 aromatic rings. The number of nitrogens with zero attached hydrogens (tertiary/aromatic N) is 1. The first-order valence-electron chi connectivity index (χ1n) is 5.18. The fraction of sp³-hybridized carbons (Fsp3) is 0.800. The maximum absolute atomic E-state index is 11.1. The number of carboxylic acids is 1. The van der Waals surface area contributed by atoms with Crippen LogP contribution >= 0.6 is 0 Å². The van der Waals surface area contributed by atoms with Gasteiger partial charge in [0, 0.05) is 6.42 Å². The van der Waals surface area contributed by atoms with Gasteiger partial charge in [-0.25, -0.2) is 4.79 Å². The summed E-state index contributed by atoms with van der Waals surface area (Å²) < 4.78 is 0.377. The van der Waals surface area contributed by atoms with Gasteiger partial charge in [0.15, 0.2) is 6.54 Å². The van der Waals surface area contributed by atoms with Crippen molar-refractivity contribution in [3.05, 3.63) is 0 Å². The van der Waals surface area contributed by atoms with Gasteiger partial charge < -0.3 is 14.9 Å². The lowest BCUT2D eigenvalue weighted by Crippen LogP contribution is -2.48. The number of nitrogens with one attached hydrogen (secondary N) is 1. The van der Waals surface area contributed by atoms with Crippen LogP contribution in [0.2, 0.25) is 0 Å². The zero-order valence-corrected chi connectivity index (χ0v) is 9.75. The molecule has 0 aromatic carbocycles. The molecule has 5 nitrogen and oxygen atoms in total. The van der Waals surface area contributed by atoms with Crippen molar-refractivity contribution < 1.29 is 19.2 Å². The van der Waals surface area contributed by atoms with Crippen molar-refractivity contribution in [2.24, 2.45) is 0 Å². The van der Waals surface area contributed by atoms with Gasteiger partial charge in [0.05, 0.1) is 27.2 Å². The minimum atomic E-state index is -0.820. The van der Waals surface area contributed by atoms with E-state index in [1.807, 2.05) is 21.0 Å². The summed E-state index contributed by atoms with van der Waals surface area (Å²) in [5.74, 6) is -0.785. The highest BCUT2D eigenvalue weighted by Gasteiger charge is 2.18. The van der Waals surface area contributed by atoms with Crippen molar-refractivity contribution in [3.8, 4) is 0 Å². The van der Waals surface area contributed by atoms with Gasteiger partial charge in [0.2, 0.25) is 5.91 Å². The van der Waals surface area contributed by atoms with Crippen LogP contribution in [0.1, 0.15) is 19.8 Å². The van der Waals surface area contributed by atoms with E-state index in [1.54, 1.807) is 0 Å². The Morgan fingerprint density at radius 2 is 1.93 bits per heavy atom. The van der Waals surface area contributed by atoms with Crippen molar-refractivity contribution in [2.45, 2.75) is 19.8 Å². The topological polar surface area (TPSA) is 66.4 Å². The van der Waals surface area contributed by atoms with E-state index < -0.39 is 5.97 Å². The second-order valence-corrected chi connectivity index (χ2v) is 4.31. The molecule has 15 heavy (non-hydrogen) atoms. The van der Waals surface area contributed by atoms with Crippen LogP contribution in [0, 0.1) is 0 Å². The van der Waals surface area contributed by atoms with Crippen LogP contribution in [-0.2, 0) is 9.59 Å². The minimum absolute atomic E-state index is 0.0350. The molecule has 0 saturated carbocycles. The van der Waals surface area contributed by atoms with E-state index in [2.05, 4.69) is 5.32 Å². The lowest BCUT2D eigenvalue weighted by molar-refractivity contribution is -0.881. The average Bonchev–Trinajstić information content (AvgIpc) is 2.01. The zero-order valence-electron chi connectivity index (χ0n) is 9.75. The molecule has 0 rings (SSSR count). The summed E-state index contributed by atoms with van der Waals surface area (Å²) in [7, 11) is 3.67. The molecular weight excluding hydrogens is 196 g/mol. The molecule has 0 unspecified atom stereocenters. The Morgan fingerprint density at radius 3 is 2.40 bits per heavy atom. The monoisotopic (exact) mass is 217 g/mol. The molecule has 0 fully saturated rings. The van der Waals surface area contributed by atoms with Gasteiger partial charge >= 0.3 is 5.97 Å². The smallest absolute Gasteiger partial charge is 0.359 e. The third-order valence-electron chi connectivity index (χ3n) is 2.08. The SMILES string of the molecule is CCCC(=O)NCC[N+](C)(C)CC(=O)O. The molecule has 0 aliphatic carbocycles. The Hall–Kier alpha value is -1.10. The van der Waals surface area contributed by atoms with Gasteiger partial charge in [-0.1, -0.05) is 6.92 Å². The number of hydrogen-bond acceptors (Lipinski definition) is 2. The molecule has 88 valence electrons. The summed E-state index contributed by atoms with van der Waals surface area (Å²) in [6.07, 6.45) is 1.37. The number of carboxylic acid groups (broad SMARTS) is 1. The van der Waals surface area contributed by atoms with E-state index in [1.165, 1.54) is 0 Å². The molecule has 0 spiro atoms. The number of amides is 1. The van der Waals surface area contributed by atoms with Crippen LogP contribution in [0.3, 0.4) is 0 Å². The minimum Gasteiger partial charge on any atom is -0.477 e. The number of quaternary nitrogens is 1. The number of aliphatic carboxylic acids is 1. The number of hydrogen-bond donors (Lipinski definition) is 2. The first kappa shape index (κ1) is 13.9. The number of carbonyl (C=O) groups excluding carboxylic acids is 1. The molecule has 2 N–H and O–H groups in total. The Morgan fingerprint density at radius 1 is 1.33 bits per heavy atom. The van der Waals surface area contributed by atoms with Gasteiger partial charge in [-0.05, 0) is 6.42 Å². The Bertz CT molecular complexity index is 227. The zero-order chi connectivity index (χ0) is 11.9. The van der Waals surface area contributed by atoms with Crippen molar-refractivity contribution in [2.75, 3.05) is 33.7 Å². The van der Waals surface area contributed by atoms with Crippen LogP contribution in [0.15, 0.2) is 0 Å². The summed E-state index contributed by atoms with van der Waals surface area (Å²) in [5.41, 5.74) is 0. The first-order valence-corrected chi connectivity index (χ1v) is 5.18. The van der Waals surface area contributed by atoms with E-state index >= 15 is 0 Å². The number of carbonyl (C=O) groups is 2. The molecule has 5 heteroatoms. The molecule has 1 amide bonds. The maximum atomic E-state index is 11.1. The van der Waals surface area contributed by atoms with Crippen molar-refractivity contribution in [1.82, 2.24) is 5.32 Å². The van der Waals surface area contributed by atoms with Crippen LogP contribution in [-0.4, -0.2) is 55.2 Å². The largest absolute Gasteiger partial charge is 0.477 e. The second kappa shape index (κ2) is 6.40. The summed E-state index contributed by atoms with van der Waals surface area (Å²) >= 11 is 0. The number of likely N-dealkylation sites (N-methyl/N-ethyl adjacent to an activating group) is 1. The lowest BCUT2D eigenvalue weighted by atomic mass is 10.3. The lowest BCUT2D eigenvalue weighted by Gasteiger charge is -2.27. The fourth-order valence-electron chi connectivity index (χ4n) is 1.26. The normalized spacial score (nSPS) is 11.1. The van der Waals surface area contributed by atoms with Gasteiger partial charge in [0.1, 0.15) is 0 Å². The molecular formula is C10H21N2O3+. The first-order chi connectivity index (χ1) is 6.87. The molecule has 0 aliphatic rings. The Balaban J connectivity index is 3.74. The maximum Gasteiger partial charge on any atom is 0.359 e. The van der Waals surface area contributed by atoms with E-state index in [0.29, 0.717) is 24.0 Å². The molecule has 0 radical (unpaired) electrons. The predicted octanol–water partition coefficient (Wildman–Crippen LogP) is 0.0637. The van der Waals surface area contributed by atoms with E-state index in [4.69, 9.17) is 5.11 Å². The Kier molecular flexibility index (Phi) is 5.93. The molecule has 0 bridgehead atoms. The van der Waals surface area contributed by atoms with Gasteiger partial charge in [0.25, 0.3) is 0 Å². The molecule has 0 aromatic heterocycles. The summed E-state index contributed by atoms with van der Waals surface area (Å²) in [6, 6.07) is 0. The average molecular weight is 217 g/mol. The molecule has 0 aliphatic heterocycles. The van der Waals surface area contributed by atoms with Crippen molar-refractivity contribution in [3.63, 3.8) is 0 Å². The van der Waals surface area contributed by atoms with Gasteiger partial charge in [-0.3, -0.25) is 4.79 Å². The molecule has 0 atom stereocenters. The van der Waals surface area contributed by atoms with Crippen LogP contribution in [0.4, 0.5) is 0 Å². The van der Waals surface area contributed by atoms with Crippen molar-refractivity contribution >= 4 is 11.9 Å². The van der Waals surface area contributed by atoms with Gasteiger partial charge in [-0.2, -0.15) is 0 Å². The van der Waals surface area contributed by atoms with E-state index in [-0.39, 0.29) is 12.5 Å². The fourth-order valence-corrected chi connectivity index (χ4v) is 1.26. The standard InChI is InChI=1S/C10H20N2O3/c1-4-5-9(13)11-6-7-12(2,3)8-10(14)15/h4-8H2,1-3H3,(H-,11,13,14,15)/p+1. The Labute approximate surface area is 90.7 Å². The summed E-state index contributed by atoms with van der Waals surface area (Å²) in [6.45, 7) is 3.18. The summed E-state index contributed by atoms with van der Waals surface area (Å²) in [5, 5.41) is 11.4.